The zero-order valence-corrected chi connectivity index (χ0v) is 9.55. The van der Waals surface area contributed by atoms with Gasteiger partial charge in [0.1, 0.15) is 13.2 Å². The first-order chi connectivity index (χ1) is 8.70. The standard InChI is InChI=1S/C11H13N3O4/c12-10(14-16)6-13-11(15)7-1-2-8-9(5-7)18-4-3-17-8/h1-2,5,16H,3-4,6H2,(H2,12,14)(H,13,15). The highest BCUT2D eigenvalue weighted by molar-refractivity contribution is 5.97. The summed E-state index contributed by atoms with van der Waals surface area (Å²) in [5.74, 6) is 0.756. The number of oxime groups is 1. The number of amidine groups is 1. The Kier molecular flexibility index (Phi) is 3.52. The fourth-order valence-electron chi connectivity index (χ4n) is 1.49. The van der Waals surface area contributed by atoms with E-state index < -0.39 is 0 Å². The smallest absolute Gasteiger partial charge is 0.251 e. The predicted octanol–water partition coefficient (Wildman–Crippen LogP) is -0.0660. The quantitative estimate of drug-likeness (QED) is 0.302. The molecule has 1 aromatic rings. The summed E-state index contributed by atoms with van der Waals surface area (Å²) in [7, 11) is 0. The van der Waals surface area contributed by atoms with Crippen molar-refractivity contribution >= 4 is 11.7 Å². The number of benzene rings is 1. The second-order valence-corrected chi connectivity index (χ2v) is 3.63. The molecule has 0 radical (unpaired) electrons. The van der Waals surface area contributed by atoms with E-state index in [0.29, 0.717) is 30.3 Å². The van der Waals surface area contributed by atoms with Crippen LogP contribution in [0.1, 0.15) is 10.4 Å². The Morgan fingerprint density at radius 1 is 1.39 bits per heavy atom. The topological polar surface area (TPSA) is 106 Å². The fourth-order valence-corrected chi connectivity index (χ4v) is 1.49. The Labute approximate surface area is 103 Å². The highest BCUT2D eigenvalue weighted by Crippen LogP contribution is 2.30. The van der Waals surface area contributed by atoms with Crippen molar-refractivity contribution in [1.82, 2.24) is 5.32 Å². The molecule has 7 nitrogen and oxygen atoms in total. The number of nitrogens with one attached hydrogen (secondary N) is 1. The highest BCUT2D eigenvalue weighted by atomic mass is 16.6. The Bertz CT molecular complexity index is 487. The van der Waals surface area contributed by atoms with Gasteiger partial charge in [-0.2, -0.15) is 0 Å². The minimum atomic E-state index is -0.335. The van der Waals surface area contributed by atoms with Gasteiger partial charge in [-0.05, 0) is 18.2 Å². The molecule has 0 saturated heterocycles. The monoisotopic (exact) mass is 251 g/mol. The number of hydrogen-bond donors (Lipinski definition) is 3. The lowest BCUT2D eigenvalue weighted by atomic mass is 10.2. The maximum absolute atomic E-state index is 11.8. The first-order valence-corrected chi connectivity index (χ1v) is 5.35. The van der Waals surface area contributed by atoms with Gasteiger partial charge in [0.05, 0.1) is 6.54 Å². The zero-order valence-electron chi connectivity index (χ0n) is 9.55. The Morgan fingerprint density at radius 3 is 2.83 bits per heavy atom. The van der Waals surface area contributed by atoms with Crippen molar-refractivity contribution in [3.05, 3.63) is 23.8 Å². The number of carbonyl (C=O) groups is 1. The van der Waals surface area contributed by atoms with Crippen LogP contribution in [0.4, 0.5) is 0 Å². The average molecular weight is 251 g/mol. The summed E-state index contributed by atoms with van der Waals surface area (Å²) in [6.45, 7) is 0.938. The molecular formula is C11H13N3O4. The molecule has 2 rings (SSSR count). The second-order valence-electron chi connectivity index (χ2n) is 3.63. The van der Waals surface area contributed by atoms with Crippen LogP contribution in [0.3, 0.4) is 0 Å². The van der Waals surface area contributed by atoms with Gasteiger partial charge in [-0.25, -0.2) is 0 Å². The van der Waals surface area contributed by atoms with E-state index in [-0.39, 0.29) is 18.3 Å². The molecule has 18 heavy (non-hydrogen) atoms. The van der Waals surface area contributed by atoms with Gasteiger partial charge in [0.2, 0.25) is 0 Å². The molecule has 96 valence electrons. The molecule has 7 heteroatoms. The van der Waals surface area contributed by atoms with E-state index in [1.165, 1.54) is 0 Å². The number of fused-ring (bicyclic) bond motifs is 1. The molecule has 1 amide bonds. The van der Waals surface area contributed by atoms with Crippen molar-refractivity contribution in [2.45, 2.75) is 0 Å². The van der Waals surface area contributed by atoms with Crippen molar-refractivity contribution in [3.8, 4) is 11.5 Å². The van der Waals surface area contributed by atoms with Crippen molar-refractivity contribution in [2.24, 2.45) is 10.9 Å². The number of hydrogen-bond acceptors (Lipinski definition) is 5. The van der Waals surface area contributed by atoms with Crippen molar-refractivity contribution in [2.75, 3.05) is 19.8 Å². The largest absolute Gasteiger partial charge is 0.486 e. The molecular weight excluding hydrogens is 238 g/mol. The third-order valence-corrected chi connectivity index (χ3v) is 2.36. The summed E-state index contributed by atoms with van der Waals surface area (Å²) < 4.78 is 10.7. The molecule has 1 heterocycles. The Balaban J connectivity index is 2.06. The van der Waals surface area contributed by atoms with E-state index in [2.05, 4.69) is 10.5 Å². The third-order valence-electron chi connectivity index (χ3n) is 2.36. The normalized spacial score (nSPS) is 14.1. The molecule has 0 atom stereocenters. The van der Waals surface area contributed by atoms with Crippen LogP contribution in [-0.2, 0) is 0 Å². The van der Waals surface area contributed by atoms with Crippen LogP contribution in [0.2, 0.25) is 0 Å². The number of amides is 1. The van der Waals surface area contributed by atoms with Crippen LogP contribution >= 0.6 is 0 Å². The second kappa shape index (κ2) is 5.26. The fraction of sp³-hybridized carbons (Fsp3) is 0.273. The minimum absolute atomic E-state index is 0.0240. The van der Waals surface area contributed by atoms with Crippen LogP contribution in [0.25, 0.3) is 0 Å². The lowest BCUT2D eigenvalue weighted by molar-refractivity contribution is 0.0957. The van der Waals surface area contributed by atoms with Crippen LogP contribution in [0.5, 0.6) is 11.5 Å². The molecule has 0 fully saturated rings. The summed E-state index contributed by atoms with van der Waals surface area (Å²) in [5.41, 5.74) is 5.67. The first kappa shape index (κ1) is 12.0. The minimum Gasteiger partial charge on any atom is -0.486 e. The maximum Gasteiger partial charge on any atom is 0.251 e. The molecule has 1 aliphatic rings. The van der Waals surface area contributed by atoms with E-state index in [1.807, 2.05) is 0 Å². The van der Waals surface area contributed by atoms with E-state index in [1.54, 1.807) is 18.2 Å². The summed E-state index contributed by atoms with van der Waals surface area (Å²) in [6, 6.07) is 4.89. The molecule has 4 N–H and O–H groups in total. The molecule has 0 spiro atoms. The number of ether oxygens (including phenoxy) is 2. The van der Waals surface area contributed by atoms with Gasteiger partial charge in [0.15, 0.2) is 17.3 Å². The molecule has 1 aromatic carbocycles. The molecule has 0 unspecified atom stereocenters. The van der Waals surface area contributed by atoms with E-state index in [4.69, 9.17) is 20.4 Å². The molecule has 0 aliphatic carbocycles. The maximum atomic E-state index is 11.8. The average Bonchev–Trinajstić information content (AvgIpc) is 2.43. The van der Waals surface area contributed by atoms with Gasteiger partial charge in [-0.3, -0.25) is 4.79 Å². The van der Waals surface area contributed by atoms with E-state index in [9.17, 15) is 4.79 Å². The summed E-state index contributed by atoms with van der Waals surface area (Å²) in [5, 5.41) is 13.6. The number of nitrogens with zero attached hydrogens (tertiary/aromatic N) is 1. The van der Waals surface area contributed by atoms with E-state index >= 15 is 0 Å². The highest BCUT2D eigenvalue weighted by Gasteiger charge is 2.14. The third kappa shape index (κ3) is 2.62. The Hall–Kier alpha value is -2.44. The van der Waals surface area contributed by atoms with Crippen LogP contribution in [0.15, 0.2) is 23.4 Å². The summed E-state index contributed by atoms with van der Waals surface area (Å²) >= 11 is 0. The SMILES string of the molecule is N/C(CNC(=O)c1ccc2c(c1)OCCO2)=N\O. The van der Waals surface area contributed by atoms with Crippen molar-refractivity contribution in [3.63, 3.8) is 0 Å². The van der Waals surface area contributed by atoms with Gasteiger partial charge >= 0.3 is 0 Å². The molecule has 0 aromatic heterocycles. The van der Waals surface area contributed by atoms with Gasteiger partial charge < -0.3 is 25.7 Å². The Morgan fingerprint density at radius 2 is 2.11 bits per heavy atom. The predicted molar refractivity (Wildman–Crippen MR) is 63.2 cm³/mol. The molecule has 1 aliphatic heterocycles. The number of rotatable bonds is 3. The van der Waals surface area contributed by atoms with Crippen molar-refractivity contribution in [1.29, 1.82) is 0 Å². The number of nitrogens with two attached hydrogens (primary N) is 1. The number of carbonyl (C=O) groups excluding carboxylic acids is 1. The molecule has 0 saturated carbocycles. The van der Waals surface area contributed by atoms with Crippen LogP contribution in [-0.4, -0.2) is 36.7 Å². The summed E-state index contributed by atoms with van der Waals surface area (Å²) in [4.78, 5) is 11.8. The van der Waals surface area contributed by atoms with Gasteiger partial charge in [-0.15, -0.1) is 0 Å². The lowest BCUT2D eigenvalue weighted by Crippen LogP contribution is -2.33. The van der Waals surface area contributed by atoms with Gasteiger partial charge in [-0.1, -0.05) is 5.16 Å². The van der Waals surface area contributed by atoms with Crippen LogP contribution < -0.4 is 20.5 Å². The van der Waals surface area contributed by atoms with Crippen molar-refractivity contribution < 1.29 is 19.5 Å². The summed E-state index contributed by atoms with van der Waals surface area (Å²) in [6.07, 6.45) is 0. The zero-order chi connectivity index (χ0) is 13.0. The van der Waals surface area contributed by atoms with Gasteiger partial charge in [0, 0.05) is 5.56 Å². The lowest BCUT2D eigenvalue weighted by Gasteiger charge is -2.18. The first-order valence-electron chi connectivity index (χ1n) is 5.35. The molecule has 0 bridgehead atoms. The van der Waals surface area contributed by atoms with Crippen LogP contribution in [0, 0.1) is 0 Å². The van der Waals surface area contributed by atoms with Gasteiger partial charge in [0.25, 0.3) is 5.91 Å². The van der Waals surface area contributed by atoms with E-state index in [0.717, 1.165) is 0 Å².